The van der Waals surface area contributed by atoms with E-state index in [0.717, 1.165) is 0 Å². The molecule has 0 aromatic heterocycles. The second kappa shape index (κ2) is 5.16. The minimum atomic E-state index is -1.04. The Morgan fingerprint density at radius 1 is 1.41 bits per heavy atom. The third kappa shape index (κ3) is 3.52. The average molecular weight is 244 g/mol. The molecule has 0 fully saturated rings. The molecule has 0 aromatic carbocycles. The number of hydrogen-bond acceptors (Lipinski definition) is 5. The van der Waals surface area contributed by atoms with Crippen molar-refractivity contribution >= 4 is 5.97 Å². The van der Waals surface area contributed by atoms with Gasteiger partial charge in [-0.1, -0.05) is 0 Å². The summed E-state index contributed by atoms with van der Waals surface area (Å²) in [6.07, 6.45) is 2.94. The van der Waals surface area contributed by atoms with Crippen LogP contribution in [0.2, 0.25) is 0 Å². The van der Waals surface area contributed by atoms with Gasteiger partial charge in [0.15, 0.2) is 6.29 Å². The van der Waals surface area contributed by atoms with E-state index < -0.39 is 17.5 Å². The summed E-state index contributed by atoms with van der Waals surface area (Å²) in [5.74, 6) is -1.34. The Bertz CT molecular complexity index is 305. The van der Waals surface area contributed by atoms with E-state index in [4.69, 9.17) is 18.9 Å². The molecule has 2 atom stereocenters. The average Bonchev–Trinajstić information content (AvgIpc) is 2.69. The topological polar surface area (TPSA) is 54.0 Å². The van der Waals surface area contributed by atoms with Crippen LogP contribution < -0.4 is 0 Å². The van der Waals surface area contributed by atoms with Crippen molar-refractivity contribution in [2.75, 3.05) is 20.8 Å². The number of hydrogen-bond donors (Lipinski definition) is 0. The molecule has 0 aromatic rings. The van der Waals surface area contributed by atoms with Crippen LogP contribution in [0.4, 0.5) is 0 Å². The van der Waals surface area contributed by atoms with Gasteiger partial charge in [-0.25, -0.2) is 0 Å². The van der Waals surface area contributed by atoms with Crippen molar-refractivity contribution in [2.45, 2.75) is 32.8 Å². The number of esters is 1. The van der Waals surface area contributed by atoms with Gasteiger partial charge in [0.1, 0.15) is 6.61 Å². The number of rotatable bonds is 4. The van der Waals surface area contributed by atoms with E-state index in [1.54, 1.807) is 32.9 Å². The Hall–Kier alpha value is -0.910. The fourth-order valence-electron chi connectivity index (χ4n) is 1.27. The minimum absolute atomic E-state index is 0.00988. The molecule has 1 rings (SSSR count). The van der Waals surface area contributed by atoms with Crippen LogP contribution in [0.5, 0.6) is 0 Å². The second-order valence-corrected chi connectivity index (χ2v) is 4.92. The van der Waals surface area contributed by atoms with Crippen LogP contribution in [0.1, 0.15) is 20.8 Å². The number of carbonyl (C=O) groups excluding carboxylic acids is 1. The summed E-state index contributed by atoms with van der Waals surface area (Å²) in [4.78, 5) is 11.6. The number of ether oxygens (including phenoxy) is 4. The highest BCUT2D eigenvalue weighted by atomic mass is 16.8. The van der Waals surface area contributed by atoms with Gasteiger partial charge < -0.3 is 18.9 Å². The fourth-order valence-corrected chi connectivity index (χ4v) is 1.27. The van der Waals surface area contributed by atoms with Gasteiger partial charge in [0.05, 0.1) is 5.41 Å². The van der Waals surface area contributed by atoms with Crippen molar-refractivity contribution < 1.29 is 23.7 Å². The van der Waals surface area contributed by atoms with Crippen LogP contribution in [0.3, 0.4) is 0 Å². The van der Waals surface area contributed by atoms with Crippen molar-refractivity contribution in [3.8, 4) is 0 Å². The van der Waals surface area contributed by atoms with Crippen LogP contribution in [0.15, 0.2) is 12.2 Å². The van der Waals surface area contributed by atoms with Gasteiger partial charge >= 0.3 is 5.97 Å². The van der Waals surface area contributed by atoms with E-state index >= 15 is 0 Å². The molecule has 0 saturated heterocycles. The molecule has 0 bridgehead atoms. The molecule has 17 heavy (non-hydrogen) atoms. The largest absolute Gasteiger partial charge is 0.459 e. The molecule has 2 unspecified atom stereocenters. The standard InChI is InChI=1S/C12H20O5/c1-11(2,3)10(13)16-8-12(15-5)7-6-9(14-4)17-12/h6-7,9H,8H2,1-5H3. The Balaban J connectivity index is 2.55. The van der Waals surface area contributed by atoms with Crippen LogP contribution >= 0.6 is 0 Å². The summed E-state index contributed by atoms with van der Waals surface area (Å²) in [5, 5.41) is 0. The molecular weight excluding hydrogens is 224 g/mol. The summed E-state index contributed by atoms with van der Waals surface area (Å²) in [6.45, 7) is 5.38. The number of carbonyl (C=O) groups is 1. The Morgan fingerprint density at radius 3 is 2.47 bits per heavy atom. The molecule has 1 heterocycles. The third-order valence-corrected chi connectivity index (χ3v) is 2.42. The lowest BCUT2D eigenvalue weighted by Crippen LogP contribution is -2.39. The van der Waals surface area contributed by atoms with Gasteiger partial charge in [0.2, 0.25) is 5.79 Å². The second-order valence-electron chi connectivity index (χ2n) is 4.92. The third-order valence-electron chi connectivity index (χ3n) is 2.42. The zero-order valence-electron chi connectivity index (χ0n) is 11.0. The Kier molecular flexibility index (Phi) is 4.30. The molecule has 0 aliphatic carbocycles. The first-order chi connectivity index (χ1) is 7.83. The Labute approximate surface area is 102 Å². The van der Waals surface area contributed by atoms with Gasteiger partial charge in [-0.15, -0.1) is 0 Å². The lowest BCUT2D eigenvalue weighted by atomic mass is 9.97. The highest BCUT2D eigenvalue weighted by Gasteiger charge is 2.38. The zero-order chi connectivity index (χ0) is 13.1. The molecular formula is C12H20O5. The maximum absolute atomic E-state index is 11.6. The smallest absolute Gasteiger partial charge is 0.311 e. The van der Waals surface area contributed by atoms with Crippen LogP contribution in [0, 0.1) is 5.41 Å². The van der Waals surface area contributed by atoms with Crippen molar-refractivity contribution in [1.82, 2.24) is 0 Å². The molecule has 0 N–H and O–H groups in total. The predicted molar refractivity (Wildman–Crippen MR) is 61.2 cm³/mol. The van der Waals surface area contributed by atoms with E-state index in [1.165, 1.54) is 14.2 Å². The molecule has 1 aliphatic rings. The van der Waals surface area contributed by atoms with Crippen molar-refractivity contribution in [1.29, 1.82) is 0 Å². The van der Waals surface area contributed by atoms with Crippen molar-refractivity contribution in [2.24, 2.45) is 5.41 Å². The highest BCUT2D eigenvalue weighted by Crippen LogP contribution is 2.26. The molecule has 98 valence electrons. The van der Waals surface area contributed by atoms with Crippen LogP contribution in [-0.2, 0) is 23.7 Å². The maximum atomic E-state index is 11.6. The summed E-state index contributed by atoms with van der Waals surface area (Å²) in [6, 6.07) is 0. The molecule has 5 heteroatoms. The SMILES string of the molecule is COC1C=CC(COC(=O)C(C)(C)C)(OC)O1. The van der Waals surface area contributed by atoms with Gasteiger partial charge in [0.25, 0.3) is 0 Å². The summed E-state index contributed by atoms with van der Waals surface area (Å²) >= 11 is 0. The van der Waals surface area contributed by atoms with Gasteiger partial charge in [0, 0.05) is 14.2 Å². The highest BCUT2D eigenvalue weighted by molar-refractivity contribution is 5.75. The predicted octanol–water partition coefficient (Wildman–Crippen LogP) is 1.48. The van der Waals surface area contributed by atoms with Gasteiger partial charge in [-0.05, 0) is 32.9 Å². The van der Waals surface area contributed by atoms with E-state index in [1.807, 2.05) is 0 Å². The van der Waals surface area contributed by atoms with E-state index in [2.05, 4.69) is 0 Å². The molecule has 0 spiro atoms. The van der Waals surface area contributed by atoms with E-state index in [-0.39, 0.29) is 12.6 Å². The molecule has 0 amide bonds. The first-order valence-corrected chi connectivity index (χ1v) is 5.45. The first kappa shape index (κ1) is 14.2. The van der Waals surface area contributed by atoms with Gasteiger partial charge in [-0.3, -0.25) is 4.79 Å². The zero-order valence-corrected chi connectivity index (χ0v) is 11.0. The van der Waals surface area contributed by atoms with Crippen LogP contribution in [-0.4, -0.2) is 38.9 Å². The van der Waals surface area contributed by atoms with Crippen molar-refractivity contribution in [3.05, 3.63) is 12.2 Å². The quantitative estimate of drug-likeness (QED) is 0.554. The molecule has 0 radical (unpaired) electrons. The first-order valence-electron chi connectivity index (χ1n) is 5.45. The lowest BCUT2D eigenvalue weighted by Gasteiger charge is -2.27. The monoisotopic (exact) mass is 244 g/mol. The van der Waals surface area contributed by atoms with Crippen LogP contribution in [0.25, 0.3) is 0 Å². The van der Waals surface area contributed by atoms with E-state index in [9.17, 15) is 4.79 Å². The van der Waals surface area contributed by atoms with Crippen molar-refractivity contribution in [3.63, 3.8) is 0 Å². The molecule has 0 saturated carbocycles. The van der Waals surface area contributed by atoms with Gasteiger partial charge in [-0.2, -0.15) is 0 Å². The van der Waals surface area contributed by atoms with E-state index in [0.29, 0.717) is 0 Å². The molecule has 1 aliphatic heterocycles. The minimum Gasteiger partial charge on any atom is -0.459 e. The normalized spacial score (nSPS) is 28.4. The number of methoxy groups -OCH3 is 2. The maximum Gasteiger partial charge on any atom is 0.311 e. The summed E-state index contributed by atoms with van der Waals surface area (Å²) in [5.41, 5.74) is -0.544. The summed E-state index contributed by atoms with van der Waals surface area (Å²) in [7, 11) is 3.02. The lowest BCUT2D eigenvalue weighted by molar-refractivity contribution is -0.259. The Morgan fingerprint density at radius 2 is 2.06 bits per heavy atom. The summed E-state index contributed by atoms with van der Waals surface area (Å²) < 4.78 is 20.9. The molecule has 5 nitrogen and oxygen atoms in total. The fraction of sp³-hybridized carbons (Fsp3) is 0.750.